The lowest BCUT2D eigenvalue weighted by atomic mass is 10.2. The molecule has 0 radical (unpaired) electrons. The second kappa shape index (κ2) is 10.0. The molecule has 0 aliphatic carbocycles. The van der Waals surface area contributed by atoms with Gasteiger partial charge in [-0.05, 0) is 55.8 Å². The van der Waals surface area contributed by atoms with E-state index in [9.17, 15) is 14.7 Å². The zero-order valence-electron chi connectivity index (χ0n) is 18.1. The third kappa shape index (κ3) is 5.15. The van der Waals surface area contributed by atoms with Gasteiger partial charge in [0.2, 0.25) is 0 Å². The molecule has 0 saturated carbocycles. The SMILES string of the molecule is Cc1sc2ncnc(Sc3ccccc3C(=O)NCCNC(=O)c3ccc(O)cc3)c2c1C. The van der Waals surface area contributed by atoms with Crippen molar-refractivity contribution in [2.24, 2.45) is 0 Å². The largest absolute Gasteiger partial charge is 0.508 e. The fourth-order valence-electron chi connectivity index (χ4n) is 3.24. The Labute approximate surface area is 199 Å². The normalized spacial score (nSPS) is 10.8. The molecule has 2 heterocycles. The van der Waals surface area contributed by atoms with Crippen molar-refractivity contribution in [1.82, 2.24) is 20.6 Å². The molecule has 7 nitrogen and oxygen atoms in total. The summed E-state index contributed by atoms with van der Waals surface area (Å²) >= 11 is 3.08. The van der Waals surface area contributed by atoms with Gasteiger partial charge in [-0.3, -0.25) is 9.59 Å². The van der Waals surface area contributed by atoms with Crippen molar-refractivity contribution >= 4 is 45.1 Å². The van der Waals surface area contributed by atoms with Crippen LogP contribution in [-0.4, -0.2) is 40.0 Å². The molecular formula is C24H22N4O3S2. The number of thiophene rings is 1. The van der Waals surface area contributed by atoms with E-state index in [0.29, 0.717) is 11.1 Å². The third-order valence-electron chi connectivity index (χ3n) is 5.09. The Kier molecular flexibility index (Phi) is 6.90. The first-order valence-corrected chi connectivity index (χ1v) is 11.9. The number of amides is 2. The smallest absolute Gasteiger partial charge is 0.252 e. The summed E-state index contributed by atoms with van der Waals surface area (Å²) < 4.78 is 0. The number of rotatable bonds is 7. The first-order valence-electron chi connectivity index (χ1n) is 10.3. The lowest BCUT2D eigenvalue weighted by Gasteiger charge is -2.11. The number of fused-ring (bicyclic) bond motifs is 1. The lowest BCUT2D eigenvalue weighted by Crippen LogP contribution is -2.34. The molecule has 3 N–H and O–H groups in total. The number of aryl methyl sites for hydroxylation is 2. The van der Waals surface area contributed by atoms with Crippen LogP contribution >= 0.6 is 23.1 Å². The Morgan fingerprint density at radius 1 is 0.970 bits per heavy atom. The summed E-state index contributed by atoms with van der Waals surface area (Å²) in [5.41, 5.74) is 2.14. The van der Waals surface area contributed by atoms with Crippen LogP contribution in [0, 0.1) is 13.8 Å². The number of aromatic hydroxyl groups is 1. The molecule has 4 rings (SSSR count). The van der Waals surface area contributed by atoms with Crippen molar-refractivity contribution in [3.8, 4) is 5.75 Å². The number of benzene rings is 2. The molecule has 9 heteroatoms. The highest BCUT2D eigenvalue weighted by atomic mass is 32.2. The summed E-state index contributed by atoms with van der Waals surface area (Å²) in [6.07, 6.45) is 1.56. The highest BCUT2D eigenvalue weighted by molar-refractivity contribution is 7.99. The first kappa shape index (κ1) is 22.8. The van der Waals surface area contributed by atoms with Gasteiger partial charge in [0.25, 0.3) is 11.8 Å². The van der Waals surface area contributed by atoms with Crippen molar-refractivity contribution in [3.05, 3.63) is 76.4 Å². The fraction of sp³-hybridized carbons (Fsp3) is 0.167. The van der Waals surface area contributed by atoms with E-state index in [0.717, 1.165) is 25.7 Å². The van der Waals surface area contributed by atoms with Crippen molar-refractivity contribution in [2.75, 3.05) is 13.1 Å². The van der Waals surface area contributed by atoms with Gasteiger partial charge in [-0.25, -0.2) is 9.97 Å². The van der Waals surface area contributed by atoms with Gasteiger partial charge in [-0.2, -0.15) is 0 Å². The van der Waals surface area contributed by atoms with Gasteiger partial charge in [0, 0.05) is 33.8 Å². The van der Waals surface area contributed by atoms with Crippen LogP contribution in [0.1, 0.15) is 31.2 Å². The van der Waals surface area contributed by atoms with E-state index in [2.05, 4.69) is 34.4 Å². The second-order valence-corrected chi connectivity index (χ2v) is 9.53. The minimum atomic E-state index is -0.269. The van der Waals surface area contributed by atoms with Crippen LogP contribution < -0.4 is 10.6 Å². The third-order valence-corrected chi connectivity index (χ3v) is 7.29. The Balaban J connectivity index is 1.41. The maximum atomic E-state index is 12.8. The number of nitrogens with zero attached hydrogens (tertiary/aromatic N) is 2. The van der Waals surface area contributed by atoms with Gasteiger partial charge >= 0.3 is 0 Å². The van der Waals surface area contributed by atoms with Crippen LogP contribution in [0.2, 0.25) is 0 Å². The predicted molar refractivity (Wildman–Crippen MR) is 130 cm³/mol. The molecule has 2 aromatic heterocycles. The monoisotopic (exact) mass is 478 g/mol. The maximum absolute atomic E-state index is 12.8. The minimum Gasteiger partial charge on any atom is -0.508 e. The molecule has 168 valence electrons. The molecule has 0 atom stereocenters. The molecule has 0 saturated heterocycles. The summed E-state index contributed by atoms with van der Waals surface area (Å²) in [5, 5.41) is 16.8. The second-order valence-electron chi connectivity index (χ2n) is 7.30. The first-order chi connectivity index (χ1) is 15.9. The molecule has 2 amide bonds. The topological polar surface area (TPSA) is 104 Å². The fourth-order valence-corrected chi connectivity index (χ4v) is 5.38. The van der Waals surface area contributed by atoms with Gasteiger partial charge < -0.3 is 15.7 Å². The summed E-state index contributed by atoms with van der Waals surface area (Å²) in [7, 11) is 0. The van der Waals surface area contributed by atoms with E-state index in [4.69, 9.17) is 0 Å². The Bertz CT molecular complexity index is 1320. The van der Waals surface area contributed by atoms with Crippen LogP contribution in [0.3, 0.4) is 0 Å². The number of hydrogen-bond donors (Lipinski definition) is 3. The molecule has 0 unspecified atom stereocenters. The Morgan fingerprint density at radius 2 is 1.67 bits per heavy atom. The number of nitrogens with one attached hydrogen (secondary N) is 2. The van der Waals surface area contributed by atoms with Crippen molar-refractivity contribution < 1.29 is 14.7 Å². The summed E-state index contributed by atoms with van der Waals surface area (Å²) in [5.74, 6) is -0.391. The van der Waals surface area contributed by atoms with Gasteiger partial charge in [0.15, 0.2) is 0 Å². The lowest BCUT2D eigenvalue weighted by molar-refractivity contribution is 0.0926. The van der Waals surface area contributed by atoms with Gasteiger partial charge in [0.1, 0.15) is 21.9 Å². The van der Waals surface area contributed by atoms with Crippen LogP contribution in [0.5, 0.6) is 5.75 Å². The van der Waals surface area contributed by atoms with E-state index in [1.165, 1.54) is 40.9 Å². The molecular weight excluding hydrogens is 456 g/mol. The Morgan fingerprint density at radius 3 is 2.42 bits per heavy atom. The van der Waals surface area contributed by atoms with Crippen molar-refractivity contribution in [3.63, 3.8) is 0 Å². The number of hydrogen-bond acceptors (Lipinski definition) is 7. The molecule has 0 aliphatic rings. The summed E-state index contributed by atoms with van der Waals surface area (Å²) in [6.45, 7) is 4.69. The molecule has 2 aromatic carbocycles. The minimum absolute atomic E-state index is 0.0994. The number of aromatic nitrogens is 2. The predicted octanol–water partition coefficient (Wildman–Crippen LogP) is 4.32. The highest BCUT2D eigenvalue weighted by Crippen LogP contribution is 2.38. The highest BCUT2D eigenvalue weighted by Gasteiger charge is 2.17. The van der Waals surface area contributed by atoms with Crippen molar-refractivity contribution in [1.29, 1.82) is 0 Å². The van der Waals surface area contributed by atoms with Crippen LogP contribution in [0.15, 0.2) is 64.8 Å². The van der Waals surface area contributed by atoms with E-state index in [-0.39, 0.29) is 30.7 Å². The number of carbonyl (C=O) groups is 2. The standard InChI is InChI=1S/C24H22N4O3S2/c1-14-15(2)32-23-20(14)24(28-13-27-23)33-19-6-4-3-5-18(19)22(31)26-12-11-25-21(30)16-7-9-17(29)10-8-16/h3-10,13,29H,11-12H2,1-2H3,(H,25,30)(H,26,31). The number of phenols is 1. The molecule has 33 heavy (non-hydrogen) atoms. The zero-order chi connectivity index (χ0) is 23.4. The average Bonchev–Trinajstić information content (AvgIpc) is 3.11. The van der Waals surface area contributed by atoms with Gasteiger partial charge in [0.05, 0.1) is 5.56 Å². The molecule has 0 bridgehead atoms. The van der Waals surface area contributed by atoms with Crippen LogP contribution in [0.4, 0.5) is 0 Å². The van der Waals surface area contributed by atoms with Gasteiger partial charge in [-0.1, -0.05) is 23.9 Å². The van der Waals surface area contributed by atoms with Gasteiger partial charge in [-0.15, -0.1) is 11.3 Å². The zero-order valence-corrected chi connectivity index (χ0v) is 19.7. The molecule has 0 spiro atoms. The number of phenolic OH excluding ortho intramolecular Hbond substituents is 1. The average molecular weight is 479 g/mol. The molecule has 0 fully saturated rings. The Hall–Kier alpha value is -3.43. The van der Waals surface area contributed by atoms with Crippen LogP contribution in [0.25, 0.3) is 10.2 Å². The van der Waals surface area contributed by atoms with E-state index < -0.39 is 0 Å². The molecule has 4 aromatic rings. The summed E-state index contributed by atoms with van der Waals surface area (Å²) in [4.78, 5) is 36.8. The number of carbonyl (C=O) groups excluding carboxylic acids is 2. The quantitative estimate of drug-likeness (QED) is 0.270. The maximum Gasteiger partial charge on any atom is 0.252 e. The van der Waals surface area contributed by atoms with Crippen LogP contribution in [-0.2, 0) is 0 Å². The van der Waals surface area contributed by atoms with E-state index in [1.807, 2.05) is 18.2 Å². The molecule has 0 aliphatic heterocycles. The van der Waals surface area contributed by atoms with E-state index in [1.54, 1.807) is 23.7 Å². The summed E-state index contributed by atoms with van der Waals surface area (Å²) in [6, 6.07) is 13.4. The van der Waals surface area contributed by atoms with Crippen molar-refractivity contribution in [2.45, 2.75) is 23.8 Å². The van der Waals surface area contributed by atoms with E-state index >= 15 is 0 Å².